The summed E-state index contributed by atoms with van der Waals surface area (Å²) in [6, 6.07) is 15.8. The summed E-state index contributed by atoms with van der Waals surface area (Å²) in [5.41, 5.74) is 2.45. The molecule has 0 radical (unpaired) electrons. The molecule has 2 aromatic rings. The lowest BCUT2D eigenvalue weighted by atomic mass is 10.0. The third-order valence-electron chi connectivity index (χ3n) is 5.42. The number of ether oxygens (including phenoxy) is 2. The van der Waals surface area contributed by atoms with E-state index in [2.05, 4.69) is 28.4 Å². The minimum Gasteiger partial charge on any atom is -0.493 e. The monoisotopic (exact) mass is 396 g/mol. The number of benzene rings is 2. The van der Waals surface area contributed by atoms with Gasteiger partial charge in [-0.1, -0.05) is 49.7 Å². The first-order valence-electron chi connectivity index (χ1n) is 10.6. The van der Waals surface area contributed by atoms with Gasteiger partial charge in [0.2, 0.25) is 0 Å². The summed E-state index contributed by atoms with van der Waals surface area (Å²) in [7, 11) is 1.60. The van der Waals surface area contributed by atoms with E-state index in [1.165, 1.54) is 30.4 Å². The van der Waals surface area contributed by atoms with Crippen molar-refractivity contribution in [2.75, 3.05) is 20.2 Å². The maximum atomic E-state index is 12.8. The molecular weight excluding hydrogens is 364 g/mol. The fourth-order valence-electron chi connectivity index (χ4n) is 3.73. The van der Waals surface area contributed by atoms with Crippen LogP contribution in [0.25, 0.3) is 0 Å². The van der Waals surface area contributed by atoms with Gasteiger partial charge in [-0.15, -0.1) is 0 Å². The van der Waals surface area contributed by atoms with Crippen LogP contribution in [0.1, 0.15) is 43.7 Å². The van der Waals surface area contributed by atoms with Crippen LogP contribution in [0, 0.1) is 0 Å². The molecule has 1 aliphatic heterocycles. The first-order chi connectivity index (χ1) is 14.2. The highest BCUT2D eigenvalue weighted by molar-refractivity contribution is 5.81. The molecule has 0 aromatic heterocycles. The smallest absolute Gasteiger partial charge is 0.261 e. The molecule has 5 heteroatoms. The van der Waals surface area contributed by atoms with E-state index in [0.29, 0.717) is 24.5 Å². The summed E-state index contributed by atoms with van der Waals surface area (Å²) in [4.78, 5) is 15.3. The Labute approximate surface area is 174 Å². The van der Waals surface area contributed by atoms with Crippen molar-refractivity contribution in [1.82, 2.24) is 10.2 Å². The first kappa shape index (κ1) is 21.2. The molecular formula is C24H32N2O3. The molecule has 5 nitrogen and oxygen atoms in total. The number of amides is 1. The molecule has 0 bridgehead atoms. The lowest BCUT2D eigenvalue weighted by molar-refractivity contribution is -0.128. The molecule has 29 heavy (non-hydrogen) atoms. The lowest BCUT2D eigenvalue weighted by Crippen LogP contribution is -2.38. The molecule has 1 saturated heterocycles. The predicted octanol–water partition coefficient (Wildman–Crippen LogP) is 4.15. The van der Waals surface area contributed by atoms with E-state index < -0.39 is 6.10 Å². The summed E-state index contributed by atoms with van der Waals surface area (Å²) < 4.78 is 11.3. The minimum absolute atomic E-state index is 0.105. The molecule has 1 atom stereocenters. The summed E-state index contributed by atoms with van der Waals surface area (Å²) in [6.45, 7) is 5.72. The number of rotatable bonds is 9. The van der Waals surface area contributed by atoms with E-state index in [4.69, 9.17) is 9.47 Å². The number of hydrogen-bond donors (Lipinski definition) is 1. The van der Waals surface area contributed by atoms with Gasteiger partial charge in [-0.25, -0.2) is 0 Å². The molecule has 0 unspecified atom stereocenters. The van der Waals surface area contributed by atoms with Gasteiger partial charge < -0.3 is 14.8 Å². The highest BCUT2D eigenvalue weighted by Crippen LogP contribution is 2.27. The van der Waals surface area contributed by atoms with Crippen LogP contribution in [-0.2, 0) is 17.9 Å². The number of nitrogens with one attached hydrogen (secondary N) is 1. The van der Waals surface area contributed by atoms with Crippen molar-refractivity contribution in [2.45, 2.75) is 51.8 Å². The van der Waals surface area contributed by atoms with E-state index in [-0.39, 0.29) is 5.91 Å². The summed E-state index contributed by atoms with van der Waals surface area (Å²) >= 11 is 0. The van der Waals surface area contributed by atoms with Crippen molar-refractivity contribution in [3.63, 3.8) is 0 Å². The van der Waals surface area contributed by atoms with Crippen LogP contribution < -0.4 is 14.8 Å². The van der Waals surface area contributed by atoms with Gasteiger partial charge in [-0.3, -0.25) is 9.69 Å². The topological polar surface area (TPSA) is 50.8 Å². The SMILES string of the molecule is CC[C@H](Oc1ccccc1OC)C(=O)NCc1ccccc1CN1CCCCC1. The summed E-state index contributed by atoms with van der Waals surface area (Å²) in [6.07, 6.45) is 3.91. The second kappa shape index (κ2) is 10.9. The number of methoxy groups -OCH3 is 1. The van der Waals surface area contributed by atoms with Gasteiger partial charge in [0.15, 0.2) is 17.6 Å². The van der Waals surface area contributed by atoms with Gasteiger partial charge in [0, 0.05) is 13.1 Å². The molecule has 0 saturated carbocycles. The van der Waals surface area contributed by atoms with Crippen molar-refractivity contribution in [3.8, 4) is 11.5 Å². The van der Waals surface area contributed by atoms with E-state index >= 15 is 0 Å². The molecule has 1 aliphatic rings. The number of para-hydroxylation sites is 2. The van der Waals surface area contributed by atoms with E-state index in [0.717, 1.165) is 19.6 Å². The Morgan fingerprint density at radius 1 is 1.00 bits per heavy atom. The fraction of sp³-hybridized carbons (Fsp3) is 0.458. The van der Waals surface area contributed by atoms with Crippen LogP contribution >= 0.6 is 0 Å². The molecule has 1 N–H and O–H groups in total. The Bertz CT molecular complexity index is 787. The van der Waals surface area contributed by atoms with Crippen LogP contribution in [0.5, 0.6) is 11.5 Å². The standard InChI is InChI=1S/C24H32N2O3/c1-3-21(29-23-14-8-7-13-22(23)28-2)24(27)25-17-19-11-5-6-12-20(19)18-26-15-9-4-10-16-26/h5-8,11-14,21H,3-4,9-10,15-18H2,1-2H3,(H,25,27)/t21-/m0/s1. The van der Waals surface area contributed by atoms with Gasteiger partial charge in [-0.05, 0) is 55.6 Å². The average molecular weight is 397 g/mol. The second-order valence-electron chi connectivity index (χ2n) is 7.49. The zero-order valence-electron chi connectivity index (χ0n) is 17.5. The van der Waals surface area contributed by atoms with Crippen LogP contribution in [0.3, 0.4) is 0 Å². The average Bonchev–Trinajstić information content (AvgIpc) is 2.77. The van der Waals surface area contributed by atoms with Crippen molar-refractivity contribution in [1.29, 1.82) is 0 Å². The molecule has 3 rings (SSSR count). The normalized spacial score (nSPS) is 15.5. The number of hydrogen-bond acceptors (Lipinski definition) is 4. The molecule has 156 valence electrons. The van der Waals surface area contributed by atoms with Crippen LogP contribution in [-0.4, -0.2) is 37.1 Å². The largest absolute Gasteiger partial charge is 0.493 e. The maximum Gasteiger partial charge on any atom is 0.261 e. The number of carbonyl (C=O) groups excluding carboxylic acids is 1. The number of likely N-dealkylation sites (tertiary alicyclic amines) is 1. The van der Waals surface area contributed by atoms with E-state index in [1.54, 1.807) is 7.11 Å². The van der Waals surface area contributed by atoms with E-state index in [1.807, 2.05) is 37.3 Å². The third-order valence-corrected chi connectivity index (χ3v) is 5.42. The quantitative estimate of drug-likeness (QED) is 0.692. The van der Waals surface area contributed by atoms with Gasteiger partial charge >= 0.3 is 0 Å². The van der Waals surface area contributed by atoms with Crippen molar-refractivity contribution >= 4 is 5.91 Å². The predicted molar refractivity (Wildman–Crippen MR) is 115 cm³/mol. The molecule has 1 fully saturated rings. The Morgan fingerprint density at radius 2 is 1.66 bits per heavy atom. The zero-order chi connectivity index (χ0) is 20.5. The Balaban J connectivity index is 1.60. The molecule has 0 spiro atoms. The first-order valence-corrected chi connectivity index (χ1v) is 10.6. The number of nitrogens with zero attached hydrogens (tertiary/aromatic N) is 1. The number of piperidine rings is 1. The van der Waals surface area contributed by atoms with Crippen molar-refractivity contribution < 1.29 is 14.3 Å². The lowest BCUT2D eigenvalue weighted by Gasteiger charge is -2.27. The van der Waals surface area contributed by atoms with Gasteiger partial charge in [0.1, 0.15) is 0 Å². The summed E-state index contributed by atoms with van der Waals surface area (Å²) in [5.74, 6) is 1.11. The van der Waals surface area contributed by atoms with Crippen LogP contribution in [0.15, 0.2) is 48.5 Å². The molecule has 1 amide bonds. The third kappa shape index (κ3) is 5.97. The Morgan fingerprint density at radius 3 is 2.34 bits per heavy atom. The van der Waals surface area contributed by atoms with Crippen LogP contribution in [0.4, 0.5) is 0 Å². The second-order valence-corrected chi connectivity index (χ2v) is 7.49. The van der Waals surface area contributed by atoms with Gasteiger partial charge in [0.05, 0.1) is 7.11 Å². The highest BCUT2D eigenvalue weighted by Gasteiger charge is 2.20. The fourth-order valence-corrected chi connectivity index (χ4v) is 3.73. The molecule has 1 heterocycles. The van der Waals surface area contributed by atoms with Crippen LogP contribution in [0.2, 0.25) is 0 Å². The molecule has 2 aromatic carbocycles. The summed E-state index contributed by atoms with van der Waals surface area (Å²) in [5, 5.41) is 3.06. The van der Waals surface area contributed by atoms with E-state index in [9.17, 15) is 4.79 Å². The van der Waals surface area contributed by atoms with Crippen molar-refractivity contribution in [2.24, 2.45) is 0 Å². The highest BCUT2D eigenvalue weighted by atomic mass is 16.5. The maximum absolute atomic E-state index is 12.8. The Kier molecular flexibility index (Phi) is 7.94. The van der Waals surface area contributed by atoms with Gasteiger partial charge in [0.25, 0.3) is 5.91 Å². The Hall–Kier alpha value is -2.53. The molecule has 0 aliphatic carbocycles. The van der Waals surface area contributed by atoms with Crippen molar-refractivity contribution in [3.05, 3.63) is 59.7 Å². The van der Waals surface area contributed by atoms with Gasteiger partial charge in [-0.2, -0.15) is 0 Å². The zero-order valence-corrected chi connectivity index (χ0v) is 17.5. The number of carbonyl (C=O) groups is 1. The minimum atomic E-state index is -0.555.